The monoisotopic (exact) mass is 275 g/mol. The third-order valence-electron chi connectivity index (χ3n) is 3.81. The number of aromatic nitrogens is 1. The van der Waals surface area contributed by atoms with Crippen LogP contribution in [0, 0.1) is 11.6 Å². The molecule has 0 bridgehead atoms. The van der Waals surface area contributed by atoms with Gasteiger partial charge in [0.15, 0.2) is 0 Å². The van der Waals surface area contributed by atoms with Crippen LogP contribution in [0.5, 0.6) is 0 Å². The lowest BCUT2D eigenvalue weighted by atomic mass is 10.0. The summed E-state index contributed by atoms with van der Waals surface area (Å²) in [5.74, 6) is -0.500. The Labute approximate surface area is 115 Å². The second-order valence-corrected chi connectivity index (χ2v) is 5.33. The van der Waals surface area contributed by atoms with Crippen molar-refractivity contribution < 1.29 is 8.78 Å². The predicted octanol–water partition coefficient (Wildman–Crippen LogP) is 3.13. The first-order valence-corrected chi connectivity index (χ1v) is 6.69. The zero-order valence-corrected chi connectivity index (χ0v) is 11.2. The highest BCUT2D eigenvalue weighted by molar-refractivity contribution is 5.29. The summed E-state index contributed by atoms with van der Waals surface area (Å²) in [6, 6.07) is 6.97. The number of hydrogen-bond donors (Lipinski definition) is 0. The zero-order valence-electron chi connectivity index (χ0n) is 11.2. The van der Waals surface area contributed by atoms with E-state index < -0.39 is 11.6 Å². The molecule has 1 aromatic carbocycles. The molecule has 0 unspecified atom stereocenters. The van der Waals surface area contributed by atoms with Crippen LogP contribution >= 0.6 is 0 Å². The fraction of sp³-hybridized carbons (Fsp3) is 0.312. The van der Waals surface area contributed by atoms with E-state index in [4.69, 9.17) is 0 Å². The zero-order chi connectivity index (χ0) is 14.3. The van der Waals surface area contributed by atoms with E-state index in [1.54, 1.807) is 17.7 Å². The van der Waals surface area contributed by atoms with Gasteiger partial charge in [-0.15, -0.1) is 0 Å². The van der Waals surface area contributed by atoms with Crippen LogP contribution in [0.1, 0.15) is 35.6 Å². The number of rotatable bonds is 3. The van der Waals surface area contributed by atoms with Gasteiger partial charge in [-0.3, -0.25) is 4.79 Å². The van der Waals surface area contributed by atoms with E-state index >= 15 is 0 Å². The molecule has 0 amide bonds. The highest BCUT2D eigenvalue weighted by atomic mass is 19.1. The van der Waals surface area contributed by atoms with Gasteiger partial charge in [-0.25, -0.2) is 8.78 Å². The molecule has 0 radical (unpaired) electrons. The van der Waals surface area contributed by atoms with Crippen LogP contribution in [-0.2, 0) is 13.5 Å². The second-order valence-electron chi connectivity index (χ2n) is 5.33. The molecular formula is C16H15F2NO. The SMILES string of the molecule is Cn1c(C2CC2)ccc(Cc2cc(F)ccc2F)c1=O. The lowest BCUT2D eigenvalue weighted by Crippen LogP contribution is -2.23. The summed E-state index contributed by atoms with van der Waals surface area (Å²) in [4.78, 5) is 12.3. The summed E-state index contributed by atoms with van der Waals surface area (Å²) < 4.78 is 28.4. The Morgan fingerprint density at radius 3 is 2.60 bits per heavy atom. The van der Waals surface area contributed by atoms with E-state index in [9.17, 15) is 13.6 Å². The summed E-state index contributed by atoms with van der Waals surface area (Å²) in [6.07, 6.45) is 2.34. The van der Waals surface area contributed by atoms with Crippen LogP contribution in [0.2, 0.25) is 0 Å². The molecule has 104 valence electrons. The average Bonchev–Trinajstić information content (AvgIpc) is 3.24. The van der Waals surface area contributed by atoms with Crippen molar-refractivity contribution in [1.29, 1.82) is 0 Å². The third kappa shape index (κ3) is 2.38. The normalized spacial score (nSPS) is 14.6. The number of hydrogen-bond acceptors (Lipinski definition) is 1. The van der Waals surface area contributed by atoms with E-state index in [1.165, 1.54) is 0 Å². The maximum atomic E-state index is 13.6. The smallest absolute Gasteiger partial charge is 0.254 e. The first-order valence-electron chi connectivity index (χ1n) is 6.69. The molecule has 3 rings (SSSR count). The van der Waals surface area contributed by atoms with E-state index in [-0.39, 0.29) is 17.5 Å². The molecule has 1 aromatic heterocycles. The Hall–Kier alpha value is -1.97. The fourth-order valence-electron chi connectivity index (χ4n) is 2.51. The maximum Gasteiger partial charge on any atom is 0.254 e. The van der Waals surface area contributed by atoms with Crippen molar-refractivity contribution in [3.8, 4) is 0 Å². The average molecular weight is 275 g/mol. The van der Waals surface area contributed by atoms with Crippen molar-refractivity contribution in [2.75, 3.05) is 0 Å². The highest BCUT2D eigenvalue weighted by Gasteiger charge is 2.26. The van der Waals surface area contributed by atoms with Crippen molar-refractivity contribution in [1.82, 2.24) is 4.57 Å². The van der Waals surface area contributed by atoms with E-state index in [0.29, 0.717) is 11.5 Å². The summed E-state index contributed by atoms with van der Waals surface area (Å²) in [6.45, 7) is 0. The van der Waals surface area contributed by atoms with Crippen LogP contribution in [0.15, 0.2) is 35.1 Å². The Morgan fingerprint density at radius 1 is 1.15 bits per heavy atom. The maximum absolute atomic E-state index is 13.6. The summed E-state index contributed by atoms with van der Waals surface area (Å²) in [5.41, 5.74) is 1.60. The van der Waals surface area contributed by atoms with Crippen LogP contribution < -0.4 is 5.56 Å². The van der Waals surface area contributed by atoms with Crippen LogP contribution in [0.3, 0.4) is 0 Å². The molecular weight excluding hydrogens is 260 g/mol. The Balaban J connectivity index is 1.97. The standard InChI is InChI=1S/C16H15F2NO/c1-19-15(10-2-3-10)7-4-11(16(19)20)8-12-9-13(17)5-6-14(12)18/h4-7,9-10H,2-3,8H2,1H3. The number of nitrogens with zero attached hydrogens (tertiary/aromatic N) is 1. The molecule has 1 saturated carbocycles. The Morgan fingerprint density at radius 2 is 1.90 bits per heavy atom. The molecule has 1 aliphatic carbocycles. The van der Waals surface area contributed by atoms with Crippen LogP contribution in [0.25, 0.3) is 0 Å². The first kappa shape index (κ1) is 13.0. The van der Waals surface area contributed by atoms with E-state index in [0.717, 1.165) is 36.7 Å². The molecule has 2 aromatic rings. The van der Waals surface area contributed by atoms with E-state index in [2.05, 4.69) is 0 Å². The molecule has 0 N–H and O–H groups in total. The number of pyridine rings is 1. The second kappa shape index (κ2) is 4.85. The van der Waals surface area contributed by atoms with Gasteiger partial charge < -0.3 is 4.57 Å². The molecule has 0 aliphatic heterocycles. The number of halogens is 2. The first-order chi connectivity index (χ1) is 9.56. The van der Waals surface area contributed by atoms with Gasteiger partial charge in [0.1, 0.15) is 11.6 Å². The molecule has 0 saturated heterocycles. The van der Waals surface area contributed by atoms with E-state index in [1.807, 2.05) is 6.07 Å². The molecule has 0 atom stereocenters. The summed E-state index contributed by atoms with van der Waals surface area (Å²) >= 11 is 0. The topological polar surface area (TPSA) is 22.0 Å². The van der Waals surface area contributed by atoms with Crippen LogP contribution in [-0.4, -0.2) is 4.57 Å². The van der Waals surface area contributed by atoms with Gasteiger partial charge in [0, 0.05) is 24.7 Å². The van der Waals surface area contributed by atoms with Gasteiger partial charge in [-0.05, 0) is 48.6 Å². The van der Waals surface area contributed by atoms with Crippen molar-refractivity contribution >= 4 is 0 Å². The van der Waals surface area contributed by atoms with Crippen molar-refractivity contribution in [3.05, 3.63) is 69.1 Å². The molecule has 4 heteroatoms. The molecule has 1 aliphatic rings. The quantitative estimate of drug-likeness (QED) is 0.843. The van der Waals surface area contributed by atoms with Gasteiger partial charge in [0.2, 0.25) is 0 Å². The fourth-order valence-corrected chi connectivity index (χ4v) is 2.51. The van der Waals surface area contributed by atoms with Gasteiger partial charge in [0.05, 0.1) is 0 Å². The Bertz CT molecular complexity index is 717. The molecule has 1 fully saturated rings. The molecule has 1 heterocycles. The third-order valence-corrected chi connectivity index (χ3v) is 3.81. The van der Waals surface area contributed by atoms with Crippen molar-refractivity contribution in [2.45, 2.75) is 25.2 Å². The van der Waals surface area contributed by atoms with Crippen molar-refractivity contribution in [2.24, 2.45) is 7.05 Å². The Kier molecular flexibility index (Phi) is 3.16. The van der Waals surface area contributed by atoms with Crippen molar-refractivity contribution in [3.63, 3.8) is 0 Å². The minimum Gasteiger partial charge on any atom is -0.315 e. The summed E-state index contributed by atoms with van der Waals surface area (Å²) in [5, 5.41) is 0. The molecule has 0 spiro atoms. The largest absolute Gasteiger partial charge is 0.315 e. The number of benzene rings is 1. The van der Waals surface area contributed by atoms with Gasteiger partial charge in [0.25, 0.3) is 5.56 Å². The summed E-state index contributed by atoms with van der Waals surface area (Å²) in [7, 11) is 1.74. The lowest BCUT2D eigenvalue weighted by Gasteiger charge is -2.10. The molecule has 2 nitrogen and oxygen atoms in total. The predicted molar refractivity (Wildman–Crippen MR) is 72.8 cm³/mol. The molecule has 20 heavy (non-hydrogen) atoms. The van der Waals surface area contributed by atoms with Gasteiger partial charge in [-0.2, -0.15) is 0 Å². The highest BCUT2D eigenvalue weighted by Crippen LogP contribution is 2.39. The minimum absolute atomic E-state index is 0.112. The van der Waals surface area contributed by atoms with Gasteiger partial charge >= 0.3 is 0 Å². The lowest BCUT2D eigenvalue weighted by molar-refractivity contribution is 0.588. The van der Waals surface area contributed by atoms with Crippen LogP contribution in [0.4, 0.5) is 8.78 Å². The van der Waals surface area contributed by atoms with Gasteiger partial charge in [-0.1, -0.05) is 6.07 Å². The minimum atomic E-state index is -0.493.